The molecule has 1 heterocycles. The van der Waals surface area contributed by atoms with Crippen molar-refractivity contribution in [1.82, 2.24) is 0 Å². The van der Waals surface area contributed by atoms with Gasteiger partial charge in [0.05, 0.1) is 20.1 Å². The monoisotopic (exact) mass is 570 g/mol. The van der Waals surface area contributed by atoms with Crippen LogP contribution >= 0.6 is 0 Å². The smallest absolute Gasteiger partial charge is 0.421 e. The highest BCUT2D eigenvalue weighted by atomic mass is 32.3. The number of sulfonamides is 2. The van der Waals surface area contributed by atoms with E-state index in [9.17, 15) is 43.2 Å². The van der Waals surface area contributed by atoms with E-state index in [2.05, 4.69) is 20.9 Å². The molecular formula is C16H32F6N2O7S2Si. The minimum Gasteiger partial charge on any atom is -0.421 e. The number of likely N-dealkylation sites (tertiary alicyclic amines) is 1. The van der Waals surface area contributed by atoms with Crippen LogP contribution < -0.4 is 0 Å². The maximum atomic E-state index is 11.4. The summed E-state index contributed by atoms with van der Waals surface area (Å²) in [6.45, 7) is 7.10. The van der Waals surface area contributed by atoms with E-state index >= 15 is 0 Å². The van der Waals surface area contributed by atoms with Gasteiger partial charge in [0.25, 0.3) is 0 Å². The molecule has 18 heteroatoms. The molecule has 0 bridgehead atoms. The third kappa shape index (κ3) is 9.18. The Labute approximate surface area is 197 Å². The summed E-state index contributed by atoms with van der Waals surface area (Å²) in [6.07, 6.45) is 4.81. The predicted molar refractivity (Wildman–Crippen MR) is 113 cm³/mol. The van der Waals surface area contributed by atoms with Crippen LogP contribution in [-0.2, 0) is 33.3 Å². The summed E-state index contributed by atoms with van der Waals surface area (Å²) >= 11 is 0. The quantitative estimate of drug-likeness (QED) is 0.238. The molecule has 1 rings (SSSR count). The summed E-state index contributed by atoms with van der Waals surface area (Å²) in [5.41, 5.74) is -12.4. The average molecular weight is 571 g/mol. The molecule has 0 saturated carbocycles. The second kappa shape index (κ2) is 12.2. The summed E-state index contributed by atoms with van der Waals surface area (Å²) in [7, 11) is -8.47. The van der Waals surface area contributed by atoms with Gasteiger partial charge in [0.2, 0.25) is 0 Å². The number of piperidine rings is 1. The number of alkyl halides is 6. The molecule has 3 unspecified atom stereocenters. The minimum atomic E-state index is -6.72. The Hall–Kier alpha value is -0.503. The highest BCUT2D eigenvalue weighted by molar-refractivity contribution is 8.13. The largest absolute Gasteiger partial charge is 0.558 e. The molecule has 0 N–H and O–H groups in total. The molecule has 9 nitrogen and oxygen atoms in total. The summed E-state index contributed by atoms with van der Waals surface area (Å²) < 4.78 is 127. The fourth-order valence-corrected chi connectivity index (χ4v) is 7.37. The Morgan fingerprint density at radius 1 is 0.971 bits per heavy atom. The van der Waals surface area contributed by atoms with Crippen LogP contribution in [-0.4, -0.2) is 88.8 Å². The Bertz CT molecular complexity index is 801. The van der Waals surface area contributed by atoms with Crippen LogP contribution in [0.1, 0.15) is 33.1 Å². The third-order valence-corrected chi connectivity index (χ3v) is 11.4. The van der Waals surface area contributed by atoms with Crippen LogP contribution in [0, 0.1) is 11.8 Å². The van der Waals surface area contributed by atoms with Gasteiger partial charge in [-0.25, -0.2) is 16.8 Å². The molecule has 206 valence electrons. The lowest BCUT2D eigenvalue weighted by atomic mass is 9.84. The summed E-state index contributed by atoms with van der Waals surface area (Å²) in [4.78, 5) is 0. The van der Waals surface area contributed by atoms with Gasteiger partial charge in [-0.15, -0.1) is 0 Å². The summed E-state index contributed by atoms with van der Waals surface area (Å²) in [5.74, 6) is 1.63. The summed E-state index contributed by atoms with van der Waals surface area (Å²) in [5, 5.41) is 0. The van der Waals surface area contributed by atoms with E-state index < -0.39 is 39.9 Å². The van der Waals surface area contributed by atoms with Gasteiger partial charge in [0.1, 0.15) is 6.17 Å². The third-order valence-electron chi connectivity index (χ3n) is 5.69. The molecule has 1 fully saturated rings. The van der Waals surface area contributed by atoms with Gasteiger partial charge in [0, 0.05) is 27.2 Å². The van der Waals surface area contributed by atoms with Crippen molar-refractivity contribution < 1.29 is 60.9 Å². The van der Waals surface area contributed by atoms with E-state index in [0.717, 1.165) is 26.6 Å². The van der Waals surface area contributed by atoms with Crippen LogP contribution in [0.2, 0.25) is 0 Å². The van der Waals surface area contributed by atoms with Crippen LogP contribution in [0.25, 0.3) is 4.13 Å². The normalized spacial score (nSPS) is 23.7. The predicted octanol–water partition coefficient (Wildman–Crippen LogP) is 3.37. The molecule has 34 heavy (non-hydrogen) atoms. The van der Waals surface area contributed by atoms with Crippen molar-refractivity contribution >= 4 is 28.9 Å². The molecule has 0 aromatic rings. The Kier molecular flexibility index (Phi) is 12.0. The molecule has 0 spiro atoms. The lowest BCUT2D eigenvalue weighted by Crippen LogP contribution is -2.63. The van der Waals surface area contributed by atoms with E-state index in [1.54, 1.807) is 21.3 Å². The molecular weight excluding hydrogens is 538 g/mol. The zero-order valence-electron chi connectivity index (χ0n) is 19.7. The number of rotatable bonds is 9. The minimum absolute atomic E-state index is 0.778. The molecule has 0 amide bonds. The number of quaternary nitrogens is 1. The molecule has 3 atom stereocenters. The van der Waals surface area contributed by atoms with Crippen LogP contribution in [0.4, 0.5) is 26.3 Å². The first-order chi connectivity index (χ1) is 15.1. The highest BCUT2D eigenvalue weighted by Gasteiger charge is 2.49. The van der Waals surface area contributed by atoms with Crippen molar-refractivity contribution in [3.8, 4) is 0 Å². The second-order valence-electron chi connectivity index (χ2n) is 8.18. The van der Waals surface area contributed by atoms with E-state index in [4.69, 9.17) is 13.3 Å². The summed E-state index contributed by atoms with van der Waals surface area (Å²) in [6, 6.07) is 0. The van der Waals surface area contributed by atoms with Crippen LogP contribution in [0.3, 0.4) is 0 Å². The zero-order chi connectivity index (χ0) is 27.2. The van der Waals surface area contributed by atoms with Crippen molar-refractivity contribution in [3.05, 3.63) is 4.13 Å². The standard InChI is InChI=1S/C14H32NO3Si.C2F6NO4S2/c1-7-13(2)14-9-8-10-15(3,11-14)12-19(16-4,17-5)18-6;3-1(4,5)14(10,11)9-15(12,13)2(6,7)8/h13-14H,7-12H2,1-6H3;/q+1;-1. The van der Waals surface area contributed by atoms with Crippen molar-refractivity contribution in [3.63, 3.8) is 0 Å². The fraction of sp³-hybridized carbons (Fsp3) is 1.00. The topological polar surface area (TPSA) is 110 Å². The van der Waals surface area contributed by atoms with E-state index in [1.165, 1.54) is 32.4 Å². The van der Waals surface area contributed by atoms with E-state index in [-0.39, 0.29) is 0 Å². The zero-order valence-corrected chi connectivity index (χ0v) is 22.4. The van der Waals surface area contributed by atoms with Gasteiger partial charge in [-0.2, -0.15) is 26.3 Å². The first-order valence-corrected chi connectivity index (χ1v) is 14.8. The number of hydrogen-bond donors (Lipinski definition) is 0. The van der Waals surface area contributed by atoms with Gasteiger partial charge in [-0.05, 0) is 18.8 Å². The Balaban J connectivity index is 0.000000661. The van der Waals surface area contributed by atoms with E-state index in [1.807, 2.05) is 0 Å². The molecule has 0 aliphatic carbocycles. The number of nitrogens with zero attached hydrogens (tertiary/aromatic N) is 2. The molecule has 0 aromatic carbocycles. The first kappa shape index (κ1) is 33.5. The molecule has 0 radical (unpaired) electrons. The number of halogens is 6. The lowest BCUT2D eigenvalue weighted by molar-refractivity contribution is -0.911. The Morgan fingerprint density at radius 3 is 1.71 bits per heavy atom. The molecule has 1 aliphatic heterocycles. The number of hydrogen-bond acceptors (Lipinski definition) is 7. The van der Waals surface area contributed by atoms with Gasteiger partial charge >= 0.3 is 19.8 Å². The second-order valence-corrected chi connectivity index (χ2v) is 14.5. The average Bonchev–Trinajstić information content (AvgIpc) is 2.69. The van der Waals surface area contributed by atoms with Gasteiger partial charge < -0.3 is 21.9 Å². The fourth-order valence-electron chi connectivity index (χ4n) is 3.55. The Morgan fingerprint density at radius 2 is 1.38 bits per heavy atom. The van der Waals surface area contributed by atoms with E-state index in [0.29, 0.717) is 0 Å². The van der Waals surface area contributed by atoms with Crippen molar-refractivity contribution in [2.45, 2.75) is 44.1 Å². The highest BCUT2D eigenvalue weighted by Crippen LogP contribution is 2.36. The first-order valence-electron chi connectivity index (χ1n) is 10.0. The molecule has 1 saturated heterocycles. The maximum absolute atomic E-state index is 11.4. The molecule has 1 aliphatic rings. The van der Waals surface area contributed by atoms with Gasteiger partial charge in [-0.3, -0.25) is 0 Å². The van der Waals surface area contributed by atoms with Gasteiger partial charge in [-0.1, -0.05) is 20.3 Å². The SMILES string of the molecule is CCC(C)C1CCC[N+](C)(C[Si](OC)(OC)OC)C1.O=S(=O)([N-]S(=O)(=O)C(F)(F)F)C(F)(F)F. The van der Waals surface area contributed by atoms with Crippen LogP contribution in [0.5, 0.6) is 0 Å². The van der Waals surface area contributed by atoms with Crippen LogP contribution in [0.15, 0.2) is 0 Å². The lowest BCUT2D eigenvalue weighted by Gasteiger charge is -2.45. The van der Waals surface area contributed by atoms with Crippen molar-refractivity contribution in [1.29, 1.82) is 0 Å². The van der Waals surface area contributed by atoms with Gasteiger partial charge in [0.15, 0.2) is 20.0 Å². The molecule has 0 aromatic heterocycles. The van der Waals surface area contributed by atoms with Crippen molar-refractivity contribution in [2.24, 2.45) is 11.8 Å². The maximum Gasteiger partial charge on any atom is 0.558 e. The van der Waals surface area contributed by atoms with Crippen molar-refractivity contribution in [2.75, 3.05) is 47.6 Å².